The Morgan fingerprint density at radius 3 is 2.74 bits per heavy atom. The van der Waals surface area contributed by atoms with E-state index in [-0.39, 0.29) is 12.1 Å². The number of rotatable bonds is 4. The molecule has 2 aromatic rings. The predicted octanol–water partition coefficient (Wildman–Crippen LogP) is 1.76. The van der Waals surface area contributed by atoms with Gasteiger partial charge in [-0.1, -0.05) is 13.0 Å². The minimum absolute atomic E-state index is 0.0214. The van der Waals surface area contributed by atoms with E-state index in [1.165, 1.54) is 23.4 Å². The third-order valence-electron chi connectivity index (χ3n) is 2.96. The summed E-state index contributed by atoms with van der Waals surface area (Å²) >= 11 is 4.20. The van der Waals surface area contributed by atoms with Gasteiger partial charge in [-0.3, -0.25) is 0 Å². The van der Waals surface area contributed by atoms with Crippen LogP contribution < -0.4 is 0 Å². The largest absolute Gasteiger partial charge is 0.382 e. The van der Waals surface area contributed by atoms with Crippen molar-refractivity contribution < 1.29 is 13.9 Å². The Labute approximate surface area is 114 Å². The van der Waals surface area contributed by atoms with Crippen molar-refractivity contribution in [2.45, 2.75) is 24.3 Å². The van der Waals surface area contributed by atoms with Crippen molar-refractivity contribution in [3.63, 3.8) is 0 Å². The number of benzene rings is 1. The molecule has 19 heavy (non-hydrogen) atoms. The van der Waals surface area contributed by atoms with Crippen LogP contribution >= 0.6 is 12.6 Å². The summed E-state index contributed by atoms with van der Waals surface area (Å²) in [6.07, 6.45) is 2.72. The number of halogens is 2. The van der Waals surface area contributed by atoms with E-state index in [1.807, 2.05) is 0 Å². The van der Waals surface area contributed by atoms with Crippen LogP contribution in [-0.2, 0) is 12.1 Å². The molecule has 0 radical (unpaired) electrons. The van der Waals surface area contributed by atoms with Gasteiger partial charge in [-0.25, -0.2) is 18.4 Å². The van der Waals surface area contributed by atoms with Gasteiger partial charge in [0.05, 0.1) is 6.54 Å². The molecule has 0 saturated carbocycles. The third kappa shape index (κ3) is 2.76. The maximum Gasteiger partial charge on any atom is 0.137 e. The summed E-state index contributed by atoms with van der Waals surface area (Å²) < 4.78 is 28.2. The SMILES string of the molecule is C[C@@H](S)[C@](O)(Cn1cncn1)c1ccc(F)cc1F. The average Bonchev–Trinajstić information content (AvgIpc) is 2.81. The lowest BCUT2D eigenvalue weighted by atomic mass is 9.90. The molecule has 0 amide bonds. The monoisotopic (exact) mass is 285 g/mol. The van der Waals surface area contributed by atoms with Gasteiger partial charge in [0.15, 0.2) is 0 Å². The van der Waals surface area contributed by atoms with E-state index >= 15 is 0 Å². The number of hydrogen-bond donors (Lipinski definition) is 2. The zero-order valence-corrected chi connectivity index (χ0v) is 11.1. The maximum atomic E-state index is 13.9. The first kappa shape index (κ1) is 14.0. The lowest BCUT2D eigenvalue weighted by Crippen LogP contribution is -2.40. The lowest BCUT2D eigenvalue weighted by Gasteiger charge is -2.32. The van der Waals surface area contributed by atoms with Crippen LogP contribution in [0.5, 0.6) is 0 Å². The Morgan fingerprint density at radius 1 is 1.47 bits per heavy atom. The molecule has 7 heteroatoms. The van der Waals surface area contributed by atoms with Gasteiger partial charge < -0.3 is 5.11 Å². The minimum atomic E-state index is -1.62. The second kappa shape index (κ2) is 5.26. The Balaban J connectivity index is 2.43. The highest BCUT2D eigenvalue weighted by Crippen LogP contribution is 2.32. The van der Waals surface area contributed by atoms with Crippen LogP contribution in [0.3, 0.4) is 0 Å². The van der Waals surface area contributed by atoms with Gasteiger partial charge >= 0.3 is 0 Å². The van der Waals surface area contributed by atoms with E-state index < -0.39 is 22.5 Å². The number of hydrogen-bond acceptors (Lipinski definition) is 4. The van der Waals surface area contributed by atoms with Crippen LogP contribution in [0.25, 0.3) is 0 Å². The first-order valence-electron chi connectivity index (χ1n) is 5.62. The van der Waals surface area contributed by atoms with Crippen molar-refractivity contribution in [1.82, 2.24) is 14.8 Å². The standard InChI is InChI=1S/C12H13F2N3OS/c1-8(19)12(18,5-17-7-15-6-16-17)10-3-2-9(13)4-11(10)14/h2-4,6-8,18-19H,5H2,1H3/t8-,12-/m1/s1. The molecular formula is C12H13F2N3OS. The molecule has 0 spiro atoms. The number of thiol groups is 1. The molecule has 0 fully saturated rings. The summed E-state index contributed by atoms with van der Waals surface area (Å²) in [5, 5.41) is 14.0. The molecule has 1 heterocycles. The molecular weight excluding hydrogens is 272 g/mol. The van der Waals surface area contributed by atoms with Crippen molar-refractivity contribution >= 4 is 12.6 Å². The summed E-state index contributed by atoms with van der Waals surface area (Å²) in [6, 6.07) is 3.05. The van der Waals surface area contributed by atoms with Gasteiger partial charge in [-0.05, 0) is 6.07 Å². The van der Waals surface area contributed by atoms with Gasteiger partial charge in [-0.15, -0.1) is 0 Å². The van der Waals surface area contributed by atoms with E-state index in [4.69, 9.17) is 0 Å². The van der Waals surface area contributed by atoms with E-state index in [0.717, 1.165) is 12.1 Å². The summed E-state index contributed by atoms with van der Waals surface area (Å²) in [5.74, 6) is -1.51. The quantitative estimate of drug-likeness (QED) is 0.842. The summed E-state index contributed by atoms with van der Waals surface area (Å²) in [6.45, 7) is 1.60. The predicted molar refractivity (Wildman–Crippen MR) is 68.7 cm³/mol. The number of nitrogens with zero attached hydrogens (tertiary/aromatic N) is 3. The molecule has 0 aliphatic rings. The second-order valence-corrected chi connectivity index (χ2v) is 5.09. The molecule has 1 aromatic carbocycles. The Bertz CT molecular complexity index is 562. The smallest absolute Gasteiger partial charge is 0.137 e. The zero-order chi connectivity index (χ0) is 14.0. The fourth-order valence-corrected chi connectivity index (χ4v) is 2.06. The summed E-state index contributed by atoms with van der Waals surface area (Å²) in [7, 11) is 0. The van der Waals surface area contributed by atoms with Gasteiger partial charge in [0.1, 0.15) is 29.9 Å². The lowest BCUT2D eigenvalue weighted by molar-refractivity contribution is 0.0138. The Hall–Kier alpha value is -1.47. The molecule has 0 saturated heterocycles. The second-order valence-electron chi connectivity index (χ2n) is 4.32. The normalized spacial score (nSPS) is 16.1. The van der Waals surface area contributed by atoms with Crippen LogP contribution in [0.1, 0.15) is 12.5 Å². The third-order valence-corrected chi connectivity index (χ3v) is 3.39. The first-order chi connectivity index (χ1) is 8.93. The highest BCUT2D eigenvalue weighted by Gasteiger charge is 2.37. The fourth-order valence-electron chi connectivity index (χ4n) is 1.84. The van der Waals surface area contributed by atoms with Gasteiger partial charge in [0.25, 0.3) is 0 Å². The van der Waals surface area contributed by atoms with Gasteiger partial charge in [-0.2, -0.15) is 17.7 Å². The highest BCUT2D eigenvalue weighted by atomic mass is 32.1. The molecule has 0 aliphatic heterocycles. The molecule has 102 valence electrons. The summed E-state index contributed by atoms with van der Waals surface area (Å²) in [4.78, 5) is 3.76. The Kier molecular flexibility index (Phi) is 3.86. The molecule has 4 nitrogen and oxygen atoms in total. The first-order valence-corrected chi connectivity index (χ1v) is 6.13. The minimum Gasteiger partial charge on any atom is -0.382 e. The van der Waals surface area contributed by atoms with Crippen molar-refractivity contribution in [1.29, 1.82) is 0 Å². The fraction of sp³-hybridized carbons (Fsp3) is 0.333. The van der Waals surface area contributed by atoms with E-state index in [9.17, 15) is 13.9 Å². The number of aromatic nitrogens is 3. The van der Waals surface area contributed by atoms with Gasteiger partial charge in [0.2, 0.25) is 0 Å². The zero-order valence-electron chi connectivity index (χ0n) is 10.2. The maximum absolute atomic E-state index is 13.9. The topological polar surface area (TPSA) is 50.9 Å². The van der Waals surface area contributed by atoms with E-state index in [2.05, 4.69) is 22.7 Å². The van der Waals surface area contributed by atoms with Crippen LogP contribution in [0.15, 0.2) is 30.9 Å². The molecule has 0 aliphatic carbocycles. The number of aliphatic hydroxyl groups is 1. The Morgan fingerprint density at radius 2 is 2.21 bits per heavy atom. The van der Waals surface area contributed by atoms with E-state index in [0.29, 0.717) is 0 Å². The van der Waals surface area contributed by atoms with Crippen molar-refractivity contribution in [3.05, 3.63) is 48.1 Å². The van der Waals surface area contributed by atoms with Crippen LogP contribution in [0, 0.1) is 11.6 Å². The van der Waals surface area contributed by atoms with Gasteiger partial charge in [0, 0.05) is 16.9 Å². The average molecular weight is 285 g/mol. The van der Waals surface area contributed by atoms with Crippen molar-refractivity contribution in [2.24, 2.45) is 0 Å². The summed E-state index contributed by atoms with van der Waals surface area (Å²) in [5.41, 5.74) is -1.64. The van der Waals surface area contributed by atoms with Crippen molar-refractivity contribution in [2.75, 3.05) is 0 Å². The van der Waals surface area contributed by atoms with Crippen LogP contribution in [0.4, 0.5) is 8.78 Å². The molecule has 2 rings (SSSR count). The van der Waals surface area contributed by atoms with Crippen molar-refractivity contribution in [3.8, 4) is 0 Å². The highest BCUT2D eigenvalue weighted by molar-refractivity contribution is 7.81. The van der Waals surface area contributed by atoms with E-state index in [1.54, 1.807) is 6.92 Å². The molecule has 1 aromatic heterocycles. The van der Waals surface area contributed by atoms with Crippen LogP contribution in [0.2, 0.25) is 0 Å². The molecule has 0 unspecified atom stereocenters. The molecule has 2 atom stereocenters. The molecule has 1 N–H and O–H groups in total. The van der Waals surface area contributed by atoms with Crippen LogP contribution in [-0.4, -0.2) is 25.1 Å². The molecule has 0 bridgehead atoms.